The van der Waals surface area contributed by atoms with Gasteiger partial charge in [-0.15, -0.1) is 11.6 Å². The van der Waals surface area contributed by atoms with E-state index in [1.165, 1.54) is 31.3 Å². The van der Waals surface area contributed by atoms with Crippen LogP contribution in [0.4, 0.5) is 0 Å². The summed E-state index contributed by atoms with van der Waals surface area (Å²) in [4.78, 5) is 7.24. The number of fused-ring (bicyclic) bond motifs is 1. The Morgan fingerprint density at radius 3 is 2.95 bits per heavy atom. The lowest BCUT2D eigenvalue weighted by Crippen LogP contribution is -2.39. The molecule has 1 saturated heterocycles. The average Bonchev–Trinajstić information content (AvgIpc) is 2.80. The minimum absolute atomic E-state index is 0.621. The van der Waals surface area contributed by atoms with Crippen LogP contribution in [-0.4, -0.2) is 40.0 Å². The second kappa shape index (κ2) is 6.15. The number of piperidine rings is 1. The van der Waals surface area contributed by atoms with Crippen molar-refractivity contribution >= 4 is 22.6 Å². The molecular formula is C16H22ClN3. The van der Waals surface area contributed by atoms with Crippen molar-refractivity contribution in [3.8, 4) is 0 Å². The fraction of sp³-hybridized carbons (Fsp3) is 0.562. The van der Waals surface area contributed by atoms with Crippen molar-refractivity contribution in [3.63, 3.8) is 0 Å². The van der Waals surface area contributed by atoms with Gasteiger partial charge in [-0.3, -0.25) is 0 Å². The summed E-state index contributed by atoms with van der Waals surface area (Å²) in [6.07, 6.45) is 4.79. The molecule has 2 heterocycles. The minimum atomic E-state index is 0.621. The molecule has 1 fully saturated rings. The number of aryl methyl sites for hydroxylation is 1. The maximum absolute atomic E-state index is 5.94. The maximum Gasteiger partial charge on any atom is 0.111 e. The summed E-state index contributed by atoms with van der Waals surface area (Å²) in [5.74, 6) is 1.75. The van der Waals surface area contributed by atoms with Crippen LogP contribution >= 0.6 is 11.6 Å². The SMILES string of the molecule is CN1CCCCC1Cn1c(CCCl)nc2ccccc21. The summed E-state index contributed by atoms with van der Waals surface area (Å²) in [6.45, 7) is 2.24. The molecule has 1 aromatic carbocycles. The van der Waals surface area contributed by atoms with Crippen LogP contribution in [0.25, 0.3) is 11.0 Å². The van der Waals surface area contributed by atoms with Gasteiger partial charge in [-0.1, -0.05) is 18.6 Å². The number of likely N-dealkylation sites (tertiary alicyclic amines) is 1. The predicted octanol–water partition coefficient (Wildman–Crippen LogP) is 3.30. The van der Waals surface area contributed by atoms with Gasteiger partial charge < -0.3 is 9.47 Å². The van der Waals surface area contributed by atoms with Gasteiger partial charge in [-0.05, 0) is 38.6 Å². The van der Waals surface area contributed by atoms with E-state index in [2.05, 4.69) is 40.8 Å². The predicted molar refractivity (Wildman–Crippen MR) is 84.4 cm³/mol. The lowest BCUT2D eigenvalue weighted by Gasteiger charge is -2.33. The lowest BCUT2D eigenvalue weighted by atomic mass is 10.0. The largest absolute Gasteiger partial charge is 0.326 e. The number of hydrogen-bond donors (Lipinski definition) is 0. The zero-order valence-corrected chi connectivity index (χ0v) is 12.8. The van der Waals surface area contributed by atoms with Crippen LogP contribution in [0.15, 0.2) is 24.3 Å². The Balaban J connectivity index is 1.93. The second-order valence-electron chi connectivity index (χ2n) is 5.70. The molecule has 4 heteroatoms. The zero-order chi connectivity index (χ0) is 13.9. The molecular weight excluding hydrogens is 270 g/mol. The van der Waals surface area contributed by atoms with Gasteiger partial charge in [-0.25, -0.2) is 4.98 Å². The summed E-state index contributed by atoms with van der Waals surface area (Å²) >= 11 is 5.94. The highest BCUT2D eigenvalue weighted by molar-refractivity contribution is 6.17. The minimum Gasteiger partial charge on any atom is -0.326 e. The molecule has 0 bridgehead atoms. The topological polar surface area (TPSA) is 21.1 Å². The Bertz CT molecular complexity index is 578. The highest BCUT2D eigenvalue weighted by Crippen LogP contribution is 2.22. The normalized spacial score (nSPS) is 20.6. The number of halogens is 1. The first-order valence-corrected chi connectivity index (χ1v) is 8.03. The number of nitrogens with zero attached hydrogens (tertiary/aromatic N) is 3. The van der Waals surface area contributed by atoms with Crippen molar-refractivity contribution in [1.82, 2.24) is 14.5 Å². The van der Waals surface area contributed by atoms with Crippen molar-refractivity contribution < 1.29 is 0 Å². The van der Waals surface area contributed by atoms with E-state index in [0.717, 1.165) is 24.3 Å². The van der Waals surface area contributed by atoms with Crippen molar-refractivity contribution in [2.45, 2.75) is 38.3 Å². The third-order valence-corrected chi connectivity index (χ3v) is 4.56. The Hall–Kier alpha value is -1.06. The molecule has 1 aliphatic heterocycles. The summed E-state index contributed by atoms with van der Waals surface area (Å²) in [7, 11) is 2.24. The molecule has 3 nitrogen and oxygen atoms in total. The first-order valence-electron chi connectivity index (χ1n) is 7.50. The van der Waals surface area contributed by atoms with Crippen LogP contribution in [-0.2, 0) is 13.0 Å². The van der Waals surface area contributed by atoms with Crippen LogP contribution < -0.4 is 0 Å². The molecule has 0 spiro atoms. The molecule has 0 radical (unpaired) electrons. The highest BCUT2D eigenvalue weighted by atomic mass is 35.5. The van der Waals surface area contributed by atoms with Gasteiger partial charge in [-0.2, -0.15) is 0 Å². The van der Waals surface area contributed by atoms with Gasteiger partial charge in [0.25, 0.3) is 0 Å². The van der Waals surface area contributed by atoms with Crippen LogP contribution in [0, 0.1) is 0 Å². The number of hydrogen-bond acceptors (Lipinski definition) is 2. The van der Waals surface area contributed by atoms with Crippen LogP contribution in [0.3, 0.4) is 0 Å². The van der Waals surface area contributed by atoms with E-state index in [1.54, 1.807) is 0 Å². The summed E-state index contributed by atoms with van der Waals surface area (Å²) in [5, 5.41) is 0. The van der Waals surface area contributed by atoms with Crippen LogP contribution in [0.2, 0.25) is 0 Å². The molecule has 1 atom stereocenters. The van der Waals surface area contributed by atoms with Crippen LogP contribution in [0.5, 0.6) is 0 Å². The first-order chi connectivity index (χ1) is 9.79. The number of para-hydroxylation sites is 2. The number of benzene rings is 1. The molecule has 0 N–H and O–H groups in total. The Labute approximate surface area is 125 Å². The van der Waals surface area contributed by atoms with Gasteiger partial charge >= 0.3 is 0 Å². The van der Waals surface area contributed by atoms with E-state index in [9.17, 15) is 0 Å². The zero-order valence-electron chi connectivity index (χ0n) is 12.1. The molecule has 3 rings (SSSR count). The number of rotatable bonds is 4. The van der Waals surface area contributed by atoms with Crippen molar-refractivity contribution in [1.29, 1.82) is 0 Å². The third kappa shape index (κ3) is 2.70. The number of imidazole rings is 1. The molecule has 0 saturated carbocycles. The highest BCUT2D eigenvalue weighted by Gasteiger charge is 2.21. The van der Waals surface area contributed by atoms with E-state index in [4.69, 9.17) is 16.6 Å². The van der Waals surface area contributed by atoms with E-state index in [-0.39, 0.29) is 0 Å². The van der Waals surface area contributed by atoms with Gasteiger partial charge in [0, 0.05) is 24.9 Å². The third-order valence-electron chi connectivity index (χ3n) is 4.37. The number of likely N-dealkylation sites (N-methyl/N-ethyl adjacent to an activating group) is 1. The Morgan fingerprint density at radius 2 is 2.15 bits per heavy atom. The van der Waals surface area contributed by atoms with Crippen LogP contribution in [0.1, 0.15) is 25.1 Å². The molecule has 20 heavy (non-hydrogen) atoms. The van der Waals surface area contributed by atoms with E-state index in [0.29, 0.717) is 11.9 Å². The van der Waals surface area contributed by atoms with Crippen molar-refractivity contribution in [2.24, 2.45) is 0 Å². The fourth-order valence-corrected chi connectivity index (χ4v) is 3.36. The fourth-order valence-electron chi connectivity index (χ4n) is 3.19. The number of alkyl halides is 1. The van der Waals surface area contributed by atoms with Gasteiger partial charge in [0.15, 0.2) is 0 Å². The van der Waals surface area contributed by atoms with E-state index >= 15 is 0 Å². The smallest absolute Gasteiger partial charge is 0.111 e. The first kappa shape index (κ1) is 13.9. The maximum atomic E-state index is 5.94. The van der Waals surface area contributed by atoms with Gasteiger partial charge in [0.05, 0.1) is 11.0 Å². The van der Waals surface area contributed by atoms with E-state index in [1.807, 2.05) is 0 Å². The molecule has 1 unspecified atom stereocenters. The lowest BCUT2D eigenvalue weighted by molar-refractivity contribution is 0.167. The quantitative estimate of drug-likeness (QED) is 0.806. The molecule has 108 valence electrons. The molecule has 0 aliphatic carbocycles. The molecule has 2 aromatic rings. The monoisotopic (exact) mass is 291 g/mol. The molecule has 1 aromatic heterocycles. The van der Waals surface area contributed by atoms with Crippen molar-refractivity contribution in [2.75, 3.05) is 19.5 Å². The van der Waals surface area contributed by atoms with Gasteiger partial charge in [0.2, 0.25) is 0 Å². The summed E-state index contributed by atoms with van der Waals surface area (Å²) in [5.41, 5.74) is 2.33. The van der Waals surface area contributed by atoms with E-state index < -0.39 is 0 Å². The molecule has 0 amide bonds. The summed E-state index contributed by atoms with van der Waals surface area (Å²) < 4.78 is 2.38. The molecule has 1 aliphatic rings. The Morgan fingerprint density at radius 1 is 1.30 bits per heavy atom. The Kier molecular flexibility index (Phi) is 4.27. The average molecular weight is 292 g/mol. The summed E-state index contributed by atoms with van der Waals surface area (Å²) in [6, 6.07) is 9.03. The van der Waals surface area contributed by atoms with Crippen molar-refractivity contribution in [3.05, 3.63) is 30.1 Å². The number of aromatic nitrogens is 2. The van der Waals surface area contributed by atoms with Gasteiger partial charge in [0.1, 0.15) is 5.82 Å². The second-order valence-corrected chi connectivity index (χ2v) is 6.07. The standard InChI is InChI=1S/C16H22ClN3/c1-19-11-5-4-6-13(19)12-20-15-8-3-2-7-14(15)18-16(20)9-10-17/h2-3,7-8,13H,4-6,9-12H2,1H3.